The van der Waals surface area contributed by atoms with Gasteiger partial charge < -0.3 is 5.32 Å². The zero-order chi connectivity index (χ0) is 11.5. The van der Waals surface area contributed by atoms with Gasteiger partial charge in [0, 0.05) is 18.8 Å². The largest absolute Gasteiger partial charge is 0.309 e. The van der Waals surface area contributed by atoms with E-state index in [0.717, 1.165) is 11.1 Å². The van der Waals surface area contributed by atoms with Crippen molar-refractivity contribution in [2.45, 2.75) is 6.04 Å². The zero-order valence-electron chi connectivity index (χ0n) is 9.31. The van der Waals surface area contributed by atoms with Crippen LogP contribution in [0.15, 0.2) is 36.7 Å². The number of hydrogen-bond acceptors (Lipinski definition) is 2. The van der Waals surface area contributed by atoms with Gasteiger partial charge in [0.15, 0.2) is 0 Å². The fourth-order valence-corrected chi connectivity index (χ4v) is 1.77. The van der Waals surface area contributed by atoms with E-state index in [1.165, 1.54) is 12.1 Å². The summed E-state index contributed by atoms with van der Waals surface area (Å²) in [5, 5.41) is 7.32. The van der Waals surface area contributed by atoms with Gasteiger partial charge in [0.1, 0.15) is 5.82 Å². The standard InChI is InChI=1S/C12H14FN3/c1-14-12(10-7-15-16(2)8-10)9-3-5-11(13)6-4-9/h3-8,12,14H,1-2H3. The Morgan fingerprint density at radius 3 is 2.44 bits per heavy atom. The molecule has 1 heterocycles. The molecule has 1 unspecified atom stereocenters. The second-order valence-corrected chi connectivity index (χ2v) is 3.72. The van der Waals surface area contributed by atoms with Crippen LogP contribution in [0.4, 0.5) is 4.39 Å². The lowest BCUT2D eigenvalue weighted by molar-refractivity contribution is 0.623. The smallest absolute Gasteiger partial charge is 0.123 e. The summed E-state index contributed by atoms with van der Waals surface area (Å²) >= 11 is 0. The van der Waals surface area contributed by atoms with Gasteiger partial charge in [-0.2, -0.15) is 5.10 Å². The average molecular weight is 219 g/mol. The van der Waals surface area contributed by atoms with Crippen LogP contribution in [0.3, 0.4) is 0 Å². The molecule has 4 heteroatoms. The first kappa shape index (κ1) is 10.8. The predicted octanol–water partition coefficient (Wildman–Crippen LogP) is 1.87. The number of halogens is 1. The van der Waals surface area contributed by atoms with Crippen molar-refractivity contribution in [3.05, 3.63) is 53.6 Å². The molecule has 1 N–H and O–H groups in total. The molecule has 16 heavy (non-hydrogen) atoms. The van der Waals surface area contributed by atoms with Crippen molar-refractivity contribution in [1.82, 2.24) is 15.1 Å². The maximum atomic E-state index is 12.8. The van der Waals surface area contributed by atoms with Crippen LogP contribution >= 0.6 is 0 Å². The highest BCUT2D eigenvalue weighted by molar-refractivity contribution is 5.29. The number of aromatic nitrogens is 2. The Labute approximate surface area is 93.9 Å². The van der Waals surface area contributed by atoms with E-state index in [1.807, 2.05) is 26.5 Å². The van der Waals surface area contributed by atoms with E-state index in [1.54, 1.807) is 16.8 Å². The number of hydrogen-bond donors (Lipinski definition) is 1. The van der Waals surface area contributed by atoms with Gasteiger partial charge in [0.25, 0.3) is 0 Å². The molecule has 0 radical (unpaired) electrons. The monoisotopic (exact) mass is 219 g/mol. The number of rotatable bonds is 3. The molecule has 1 aromatic carbocycles. The molecule has 0 amide bonds. The van der Waals surface area contributed by atoms with Crippen molar-refractivity contribution in [2.75, 3.05) is 7.05 Å². The van der Waals surface area contributed by atoms with Crippen LogP contribution in [0, 0.1) is 5.82 Å². The highest BCUT2D eigenvalue weighted by Crippen LogP contribution is 2.21. The van der Waals surface area contributed by atoms with E-state index in [2.05, 4.69) is 10.4 Å². The van der Waals surface area contributed by atoms with Crippen LogP contribution in [0.5, 0.6) is 0 Å². The average Bonchev–Trinajstić information content (AvgIpc) is 2.69. The Hall–Kier alpha value is -1.68. The summed E-state index contributed by atoms with van der Waals surface area (Å²) in [6.45, 7) is 0. The molecule has 0 bridgehead atoms. The summed E-state index contributed by atoms with van der Waals surface area (Å²) in [7, 11) is 3.75. The summed E-state index contributed by atoms with van der Waals surface area (Å²) in [6, 6.07) is 6.55. The maximum absolute atomic E-state index is 12.8. The molecule has 1 aromatic heterocycles. The lowest BCUT2D eigenvalue weighted by atomic mass is 10.0. The molecule has 1 atom stereocenters. The van der Waals surface area contributed by atoms with Crippen LogP contribution in [0.1, 0.15) is 17.2 Å². The van der Waals surface area contributed by atoms with Gasteiger partial charge in [0.05, 0.1) is 12.2 Å². The minimum Gasteiger partial charge on any atom is -0.309 e. The summed E-state index contributed by atoms with van der Waals surface area (Å²) in [5.41, 5.74) is 2.09. The third-order valence-corrected chi connectivity index (χ3v) is 2.55. The van der Waals surface area contributed by atoms with Gasteiger partial charge in [-0.25, -0.2) is 4.39 Å². The molecular weight excluding hydrogens is 205 g/mol. The molecular formula is C12H14FN3. The Kier molecular flexibility index (Phi) is 3.01. The van der Waals surface area contributed by atoms with Gasteiger partial charge in [-0.15, -0.1) is 0 Å². The molecule has 0 fully saturated rings. The molecule has 3 nitrogen and oxygen atoms in total. The highest BCUT2D eigenvalue weighted by atomic mass is 19.1. The second-order valence-electron chi connectivity index (χ2n) is 3.72. The molecule has 0 saturated heterocycles. The number of aryl methyl sites for hydroxylation is 1. The molecule has 0 saturated carbocycles. The van der Waals surface area contributed by atoms with Crippen LogP contribution < -0.4 is 5.32 Å². The first-order valence-corrected chi connectivity index (χ1v) is 5.12. The van der Waals surface area contributed by atoms with E-state index in [9.17, 15) is 4.39 Å². The third kappa shape index (κ3) is 2.12. The lowest BCUT2D eigenvalue weighted by Gasteiger charge is -2.14. The van der Waals surface area contributed by atoms with Gasteiger partial charge in [-0.05, 0) is 24.7 Å². The quantitative estimate of drug-likeness (QED) is 0.854. The number of nitrogens with one attached hydrogen (secondary N) is 1. The normalized spacial score (nSPS) is 12.7. The molecule has 0 aliphatic carbocycles. The Morgan fingerprint density at radius 1 is 1.25 bits per heavy atom. The lowest BCUT2D eigenvalue weighted by Crippen LogP contribution is -2.17. The Bertz CT molecular complexity index is 461. The van der Waals surface area contributed by atoms with Crippen molar-refractivity contribution >= 4 is 0 Å². The first-order valence-electron chi connectivity index (χ1n) is 5.12. The zero-order valence-corrected chi connectivity index (χ0v) is 9.31. The van der Waals surface area contributed by atoms with Gasteiger partial charge in [-0.1, -0.05) is 12.1 Å². The Morgan fingerprint density at radius 2 is 1.94 bits per heavy atom. The summed E-state index contributed by atoms with van der Waals surface area (Å²) in [5.74, 6) is -0.218. The van der Waals surface area contributed by atoms with E-state index in [-0.39, 0.29) is 11.9 Å². The predicted molar refractivity (Wildman–Crippen MR) is 60.5 cm³/mol. The fraction of sp³-hybridized carbons (Fsp3) is 0.250. The van der Waals surface area contributed by atoms with E-state index >= 15 is 0 Å². The fourth-order valence-electron chi connectivity index (χ4n) is 1.77. The second kappa shape index (κ2) is 4.45. The molecule has 0 aliphatic rings. The minimum atomic E-state index is -0.218. The highest BCUT2D eigenvalue weighted by Gasteiger charge is 2.13. The molecule has 0 aliphatic heterocycles. The summed E-state index contributed by atoms with van der Waals surface area (Å²) in [6.07, 6.45) is 3.76. The van der Waals surface area contributed by atoms with Crippen molar-refractivity contribution in [3.63, 3.8) is 0 Å². The Balaban J connectivity index is 2.32. The van der Waals surface area contributed by atoms with Crippen LogP contribution in [0.25, 0.3) is 0 Å². The molecule has 0 spiro atoms. The molecule has 2 aromatic rings. The van der Waals surface area contributed by atoms with Crippen LogP contribution in [-0.4, -0.2) is 16.8 Å². The van der Waals surface area contributed by atoms with Crippen molar-refractivity contribution in [2.24, 2.45) is 7.05 Å². The SMILES string of the molecule is CNC(c1ccc(F)cc1)c1cnn(C)c1. The molecule has 84 valence electrons. The van der Waals surface area contributed by atoms with Gasteiger partial charge in [0.2, 0.25) is 0 Å². The number of benzene rings is 1. The first-order chi connectivity index (χ1) is 7.70. The van der Waals surface area contributed by atoms with Crippen molar-refractivity contribution in [1.29, 1.82) is 0 Å². The van der Waals surface area contributed by atoms with E-state index in [4.69, 9.17) is 0 Å². The van der Waals surface area contributed by atoms with Crippen molar-refractivity contribution < 1.29 is 4.39 Å². The third-order valence-electron chi connectivity index (χ3n) is 2.55. The van der Waals surface area contributed by atoms with E-state index in [0.29, 0.717) is 0 Å². The van der Waals surface area contributed by atoms with E-state index < -0.39 is 0 Å². The number of nitrogens with zero attached hydrogens (tertiary/aromatic N) is 2. The molecule has 2 rings (SSSR count). The van der Waals surface area contributed by atoms with Crippen LogP contribution in [0.2, 0.25) is 0 Å². The van der Waals surface area contributed by atoms with Gasteiger partial charge >= 0.3 is 0 Å². The maximum Gasteiger partial charge on any atom is 0.123 e. The summed E-state index contributed by atoms with van der Waals surface area (Å²) < 4.78 is 14.6. The minimum absolute atomic E-state index is 0.0503. The van der Waals surface area contributed by atoms with Crippen molar-refractivity contribution in [3.8, 4) is 0 Å². The van der Waals surface area contributed by atoms with Crippen LogP contribution in [-0.2, 0) is 7.05 Å². The van der Waals surface area contributed by atoms with Gasteiger partial charge in [-0.3, -0.25) is 4.68 Å². The summed E-state index contributed by atoms with van der Waals surface area (Å²) in [4.78, 5) is 0. The topological polar surface area (TPSA) is 29.9 Å².